The Kier molecular flexibility index (Phi) is 2.80. The molecule has 2 aromatic rings. The number of rotatable bonds is 2. The van der Waals surface area contributed by atoms with Crippen molar-refractivity contribution in [1.29, 1.82) is 0 Å². The lowest BCUT2D eigenvalue weighted by atomic mass is 10.3. The zero-order chi connectivity index (χ0) is 11.0. The molecule has 0 atom stereocenters. The number of carbonyl (C=O) groups excluding carboxylic acids is 1. The summed E-state index contributed by atoms with van der Waals surface area (Å²) in [4.78, 5) is 14.8. The highest BCUT2D eigenvalue weighted by Crippen LogP contribution is 2.36. The van der Waals surface area contributed by atoms with Gasteiger partial charge in [0.25, 0.3) is 0 Å². The molecule has 2 heterocycles. The van der Waals surface area contributed by atoms with Crippen molar-refractivity contribution in [2.45, 2.75) is 20.8 Å². The van der Waals surface area contributed by atoms with Gasteiger partial charge in [0.05, 0.1) is 6.61 Å². The third kappa shape index (κ3) is 1.79. The first-order chi connectivity index (χ1) is 7.13. The fourth-order valence-corrected chi connectivity index (χ4v) is 3.80. The van der Waals surface area contributed by atoms with E-state index in [9.17, 15) is 4.79 Å². The maximum Gasteiger partial charge on any atom is 0.348 e. The molecule has 4 heteroatoms. The Bertz CT molecular complexity index is 473. The van der Waals surface area contributed by atoms with E-state index in [1.807, 2.05) is 13.0 Å². The van der Waals surface area contributed by atoms with E-state index in [0.717, 1.165) is 0 Å². The van der Waals surface area contributed by atoms with E-state index in [0.29, 0.717) is 11.5 Å². The summed E-state index contributed by atoms with van der Waals surface area (Å²) in [6.07, 6.45) is 0. The molecule has 0 N–H and O–H groups in total. The average molecular weight is 240 g/mol. The Morgan fingerprint density at radius 2 is 2.07 bits per heavy atom. The van der Waals surface area contributed by atoms with Crippen LogP contribution in [0.4, 0.5) is 0 Å². The van der Waals surface area contributed by atoms with Crippen LogP contribution in [0.5, 0.6) is 0 Å². The number of thiophene rings is 2. The minimum Gasteiger partial charge on any atom is -0.462 e. The van der Waals surface area contributed by atoms with Crippen LogP contribution in [0.25, 0.3) is 10.1 Å². The summed E-state index contributed by atoms with van der Waals surface area (Å²) in [7, 11) is 0. The second kappa shape index (κ2) is 3.94. The number of hydrogen-bond donors (Lipinski definition) is 0. The van der Waals surface area contributed by atoms with E-state index >= 15 is 0 Å². The van der Waals surface area contributed by atoms with Crippen LogP contribution in [0.15, 0.2) is 6.07 Å². The molecule has 0 aromatic carbocycles. The van der Waals surface area contributed by atoms with Gasteiger partial charge in [-0.2, -0.15) is 0 Å². The van der Waals surface area contributed by atoms with Crippen molar-refractivity contribution < 1.29 is 9.53 Å². The van der Waals surface area contributed by atoms with E-state index in [2.05, 4.69) is 13.8 Å². The number of aryl methyl sites for hydroxylation is 2. The number of ether oxygens (including phenoxy) is 1. The van der Waals surface area contributed by atoms with Gasteiger partial charge in [-0.05, 0) is 26.8 Å². The van der Waals surface area contributed by atoms with Crippen molar-refractivity contribution in [3.05, 3.63) is 20.7 Å². The van der Waals surface area contributed by atoms with Crippen LogP contribution in [0.3, 0.4) is 0 Å². The van der Waals surface area contributed by atoms with Crippen LogP contribution in [0.2, 0.25) is 0 Å². The second-order valence-corrected chi connectivity index (χ2v) is 5.77. The Labute approximate surface area is 96.5 Å². The van der Waals surface area contributed by atoms with Crippen molar-refractivity contribution in [1.82, 2.24) is 0 Å². The third-order valence-electron chi connectivity index (χ3n) is 2.21. The SMILES string of the molecule is CCOC(=O)c1cc2c(C)sc(C)c2s1. The van der Waals surface area contributed by atoms with Crippen LogP contribution in [0, 0.1) is 13.8 Å². The lowest BCUT2D eigenvalue weighted by Crippen LogP contribution is -2.01. The van der Waals surface area contributed by atoms with Crippen molar-refractivity contribution in [3.63, 3.8) is 0 Å². The van der Waals surface area contributed by atoms with Crippen LogP contribution < -0.4 is 0 Å². The lowest BCUT2D eigenvalue weighted by Gasteiger charge is -1.96. The number of fused-ring (bicyclic) bond motifs is 1. The minimum absolute atomic E-state index is 0.206. The van der Waals surface area contributed by atoms with Gasteiger partial charge in [0.15, 0.2) is 0 Å². The van der Waals surface area contributed by atoms with Gasteiger partial charge < -0.3 is 4.74 Å². The van der Waals surface area contributed by atoms with E-state index in [1.54, 1.807) is 11.3 Å². The summed E-state index contributed by atoms with van der Waals surface area (Å²) >= 11 is 3.31. The average Bonchev–Trinajstić information content (AvgIpc) is 2.70. The number of carbonyl (C=O) groups is 1. The van der Waals surface area contributed by atoms with Crippen molar-refractivity contribution >= 4 is 38.7 Å². The highest BCUT2D eigenvalue weighted by atomic mass is 32.1. The van der Waals surface area contributed by atoms with Crippen molar-refractivity contribution in [2.75, 3.05) is 6.61 Å². The summed E-state index contributed by atoms with van der Waals surface area (Å²) in [5.74, 6) is -0.206. The second-order valence-electron chi connectivity index (χ2n) is 3.29. The predicted octanol–water partition coefficient (Wildman–Crippen LogP) is 3.76. The molecule has 2 nitrogen and oxygen atoms in total. The first kappa shape index (κ1) is 10.6. The molecule has 2 rings (SSSR count). The van der Waals surface area contributed by atoms with Gasteiger partial charge in [0.2, 0.25) is 0 Å². The van der Waals surface area contributed by atoms with Crippen LogP contribution in [-0.4, -0.2) is 12.6 Å². The zero-order valence-corrected chi connectivity index (χ0v) is 10.6. The molecule has 15 heavy (non-hydrogen) atoms. The van der Waals surface area contributed by atoms with Crippen molar-refractivity contribution in [2.24, 2.45) is 0 Å². The van der Waals surface area contributed by atoms with Gasteiger partial charge in [0.1, 0.15) is 4.88 Å². The summed E-state index contributed by atoms with van der Waals surface area (Å²) in [5.41, 5.74) is 0. The molecule has 0 saturated heterocycles. The third-order valence-corrected chi connectivity index (χ3v) is 4.61. The first-order valence-corrected chi connectivity index (χ1v) is 6.43. The van der Waals surface area contributed by atoms with Gasteiger partial charge in [-0.3, -0.25) is 0 Å². The summed E-state index contributed by atoms with van der Waals surface area (Å²) in [5, 5.41) is 1.20. The Hall–Kier alpha value is -0.870. The molecule has 0 unspecified atom stereocenters. The van der Waals surface area contributed by atoms with E-state index in [4.69, 9.17) is 4.74 Å². The Morgan fingerprint density at radius 1 is 1.33 bits per heavy atom. The van der Waals surface area contributed by atoms with E-state index < -0.39 is 0 Å². The molecule has 0 radical (unpaired) electrons. The smallest absolute Gasteiger partial charge is 0.348 e. The highest BCUT2D eigenvalue weighted by molar-refractivity contribution is 7.25. The lowest BCUT2D eigenvalue weighted by molar-refractivity contribution is 0.0532. The maximum absolute atomic E-state index is 11.5. The zero-order valence-electron chi connectivity index (χ0n) is 8.92. The Balaban J connectivity index is 2.47. The predicted molar refractivity (Wildman–Crippen MR) is 65.1 cm³/mol. The molecule has 0 saturated carbocycles. The van der Waals surface area contributed by atoms with Gasteiger partial charge in [0, 0.05) is 19.8 Å². The molecule has 0 aliphatic heterocycles. The maximum atomic E-state index is 11.5. The Morgan fingerprint density at radius 3 is 2.67 bits per heavy atom. The van der Waals surface area contributed by atoms with Gasteiger partial charge >= 0.3 is 5.97 Å². The summed E-state index contributed by atoms with van der Waals surface area (Å²) in [6.45, 7) is 6.43. The topological polar surface area (TPSA) is 26.3 Å². The molecule has 2 aromatic heterocycles. The number of hydrogen-bond acceptors (Lipinski definition) is 4. The molecular weight excluding hydrogens is 228 g/mol. The van der Waals surface area contributed by atoms with Crippen LogP contribution in [0.1, 0.15) is 26.3 Å². The fraction of sp³-hybridized carbons (Fsp3) is 0.364. The molecule has 0 amide bonds. The fourth-order valence-electron chi connectivity index (χ4n) is 1.55. The first-order valence-electron chi connectivity index (χ1n) is 4.80. The molecular formula is C11H12O2S2. The molecule has 0 spiro atoms. The van der Waals surface area contributed by atoms with Gasteiger partial charge in [-0.15, -0.1) is 22.7 Å². The van der Waals surface area contributed by atoms with Crippen LogP contribution in [-0.2, 0) is 4.74 Å². The standard InChI is InChI=1S/C11H12O2S2/c1-4-13-11(12)9-5-8-6(2)14-7(3)10(8)15-9/h5H,4H2,1-3H3. The molecule has 0 fully saturated rings. The monoisotopic (exact) mass is 240 g/mol. The molecule has 80 valence electrons. The highest BCUT2D eigenvalue weighted by Gasteiger charge is 2.15. The van der Waals surface area contributed by atoms with E-state index in [1.165, 1.54) is 31.2 Å². The van der Waals surface area contributed by atoms with Gasteiger partial charge in [-0.25, -0.2) is 4.79 Å². The number of esters is 1. The van der Waals surface area contributed by atoms with Crippen LogP contribution >= 0.6 is 22.7 Å². The van der Waals surface area contributed by atoms with Crippen molar-refractivity contribution in [3.8, 4) is 0 Å². The summed E-state index contributed by atoms with van der Waals surface area (Å²) < 4.78 is 6.20. The summed E-state index contributed by atoms with van der Waals surface area (Å²) in [6, 6.07) is 1.94. The van der Waals surface area contributed by atoms with Gasteiger partial charge in [-0.1, -0.05) is 0 Å². The normalized spacial score (nSPS) is 10.9. The molecule has 0 aliphatic rings. The van der Waals surface area contributed by atoms with E-state index in [-0.39, 0.29) is 5.97 Å². The largest absolute Gasteiger partial charge is 0.462 e. The molecule has 0 bridgehead atoms. The quantitative estimate of drug-likeness (QED) is 0.747. The minimum atomic E-state index is -0.206. The molecule has 0 aliphatic carbocycles.